The number of pyridine rings is 1. The van der Waals surface area contributed by atoms with Crippen molar-refractivity contribution in [2.45, 2.75) is 45.7 Å². The zero-order valence-electron chi connectivity index (χ0n) is 19.6. The molecule has 1 saturated heterocycles. The molecule has 3 N–H and O–H groups in total. The molecule has 4 aromatic rings. The summed E-state index contributed by atoms with van der Waals surface area (Å²) >= 11 is 0. The van der Waals surface area contributed by atoms with Gasteiger partial charge in [-0.1, -0.05) is 0 Å². The Kier molecular flexibility index (Phi) is 5.44. The minimum atomic E-state index is -0.305. The number of nitrogens with zero attached hydrogens (tertiary/aromatic N) is 5. The number of benzene rings is 1. The first-order valence-corrected chi connectivity index (χ1v) is 11.4. The van der Waals surface area contributed by atoms with Crippen molar-refractivity contribution in [2.75, 3.05) is 18.8 Å². The molecule has 0 unspecified atom stereocenters. The second-order valence-corrected chi connectivity index (χ2v) is 9.34. The lowest BCUT2D eigenvalue weighted by atomic mass is 9.89. The van der Waals surface area contributed by atoms with Crippen molar-refractivity contribution in [3.05, 3.63) is 53.7 Å². The quantitative estimate of drug-likeness (QED) is 0.483. The molecule has 3 aromatic heterocycles. The highest BCUT2D eigenvalue weighted by molar-refractivity contribution is 5.87. The molecule has 0 atom stereocenters. The number of nitrogens with two attached hydrogens (primary N) is 1. The van der Waals surface area contributed by atoms with E-state index in [1.807, 2.05) is 17.9 Å². The molecule has 0 bridgehead atoms. The van der Waals surface area contributed by atoms with E-state index in [4.69, 9.17) is 10.7 Å². The number of nitrogens with one attached hydrogen (secondary N) is 1. The molecule has 0 saturated carbocycles. The normalized spacial score (nSPS) is 15.8. The molecule has 0 radical (unpaired) electrons. The van der Waals surface area contributed by atoms with E-state index < -0.39 is 0 Å². The van der Waals surface area contributed by atoms with E-state index in [1.54, 1.807) is 29.9 Å². The summed E-state index contributed by atoms with van der Waals surface area (Å²) < 4.78 is 15.4. The topological polar surface area (TPSA) is 101 Å². The van der Waals surface area contributed by atoms with Crippen LogP contribution in [0.5, 0.6) is 0 Å². The highest BCUT2D eigenvalue weighted by Crippen LogP contribution is 2.29. The lowest BCUT2D eigenvalue weighted by Gasteiger charge is -2.40. The molecule has 1 amide bonds. The Morgan fingerprint density at radius 3 is 2.74 bits per heavy atom. The Labute approximate surface area is 197 Å². The van der Waals surface area contributed by atoms with E-state index >= 15 is 0 Å². The summed E-state index contributed by atoms with van der Waals surface area (Å²) in [4.78, 5) is 22.9. The molecule has 1 aliphatic rings. The largest absolute Gasteiger partial charge is 0.383 e. The second-order valence-electron chi connectivity index (χ2n) is 9.34. The average Bonchev–Trinajstić information content (AvgIpc) is 3.24. The monoisotopic (exact) mass is 461 g/mol. The number of rotatable bonds is 4. The molecule has 1 aliphatic heterocycles. The smallest absolute Gasteiger partial charge is 0.219 e. The first-order valence-electron chi connectivity index (χ1n) is 11.4. The summed E-state index contributed by atoms with van der Waals surface area (Å²) in [7, 11) is 0. The average molecular weight is 462 g/mol. The lowest BCUT2D eigenvalue weighted by molar-refractivity contribution is -0.130. The Hall–Kier alpha value is -3.59. The van der Waals surface area contributed by atoms with Gasteiger partial charge in [0.2, 0.25) is 5.91 Å². The summed E-state index contributed by atoms with van der Waals surface area (Å²) in [6.45, 7) is 7.79. The Bertz CT molecular complexity index is 1410. The predicted octanol–water partition coefficient (Wildman–Crippen LogP) is 3.46. The molecular weight excluding hydrogens is 433 g/mol. The van der Waals surface area contributed by atoms with E-state index in [-0.39, 0.29) is 17.3 Å². The van der Waals surface area contributed by atoms with Crippen LogP contribution in [0, 0.1) is 12.7 Å². The molecule has 0 aliphatic carbocycles. The second kappa shape index (κ2) is 8.32. The van der Waals surface area contributed by atoms with E-state index in [1.165, 1.54) is 12.1 Å². The number of aromatic nitrogens is 4. The molecule has 34 heavy (non-hydrogen) atoms. The number of halogens is 1. The number of anilines is 1. The lowest BCUT2D eigenvalue weighted by Crippen LogP contribution is -2.52. The number of nitrogen functional groups attached to an aromatic ring is 1. The zero-order valence-corrected chi connectivity index (χ0v) is 19.6. The molecule has 1 aromatic carbocycles. The van der Waals surface area contributed by atoms with Crippen LogP contribution < -0.4 is 11.1 Å². The van der Waals surface area contributed by atoms with Gasteiger partial charge in [0.05, 0.1) is 17.4 Å². The summed E-state index contributed by atoms with van der Waals surface area (Å²) in [5.41, 5.74) is 11.0. The summed E-state index contributed by atoms with van der Waals surface area (Å²) in [5.74, 6) is 0.349. The van der Waals surface area contributed by atoms with Crippen molar-refractivity contribution in [1.82, 2.24) is 29.8 Å². The van der Waals surface area contributed by atoms with Gasteiger partial charge in [0.1, 0.15) is 11.6 Å². The number of carbonyl (C=O) groups is 1. The van der Waals surface area contributed by atoms with Gasteiger partial charge in [-0.25, -0.2) is 9.37 Å². The van der Waals surface area contributed by atoms with Crippen LogP contribution in [0.3, 0.4) is 0 Å². The Morgan fingerprint density at radius 2 is 2.00 bits per heavy atom. The van der Waals surface area contributed by atoms with Gasteiger partial charge in [-0.15, -0.1) is 0 Å². The number of likely N-dealkylation sites (tertiary alicyclic amines) is 1. The maximum Gasteiger partial charge on any atom is 0.219 e. The van der Waals surface area contributed by atoms with Crippen LogP contribution in [0.2, 0.25) is 0 Å². The number of carbonyl (C=O) groups excluding carboxylic acids is 1. The van der Waals surface area contributed by atoms with Gasteiger partial charge in [0, 0.05) is 60.4 Å². The van der Waals surface area contributed by atoms with Crippen LogP contribution in [-0.2, 0) is 11.3 Å². The summed E-state index contributed by atoms with van der Waals surface area (Å²) in [6.07, 6.45) is 5.22. The van der Waals surface area contributed by atoms with Crippen molar-refractivity contribution >= 4 is 28.3 Å². The predicted molar refractivity (Wildman–Crippen MR) is 130 cm³/mol. The van der Waals surface area contributed by atoms with Crippen LogP contribution in [-0.4, -0.2) is 49.0 Å². The standard InChI is InChI=1S/C25H28FN7O/c1-15-22(14-29-25(3)6-8-32(9-7-25)16(2)34)31-24-20(13-30-33(24)23(15)27)18-10-17-11-19(26)4-5-21(17)28-12-18/h4-5,10-13,29H,6-9,14,27H2,1-3H3. The van der Waals surface area contributed by atoms with Gasteiger partial charge in [0.25, 0.3) is 0 Å². The van der Waals surface area contributed by atoms with Crippen LogP contribution in [0.1, 0.15) is 37.9 Å². The Balaban J connectivity index is 1.46. The molecular formula is C25H28FN7O. The summed E-state index contributed by atoms with van der Waals surface area (Å²) in [6, 6.07) is 6.42. The number of hydrogen-bond donors (Lipinski definition) is 2. The highest BCUT2D eigenvalue weighted by Gasteiger charge is 2.30. The third-order valence-electron chi connectivity index (χ3n) is 6.98. The first-order chi connectivity index (χ1) is 16.2. The SMILES string of the molecule is CC(=O)N1CCC(C)(NCc2nc3c(-c4cnc5ccc(F)cc5c4)cnn3c(N)c2C)CC1. The Morgan fingerprint density at radius 1 is 1.24 bits per heavy atom. The fraction of sp³-hybridized carbons (Fsp3) is 0.360. The van der Waals surface area contributed by atoms with Crippen molar-refractivity contribution in [2.24, 2.45) is 0 Å². The van der Waals surface area contributed by atoms with E-state index in [2.05, 4.69) is 22.3 Å². The molecule has 9 heteroatoms. The highest BCUT2D eigenvalue weighted by atomic mass is 19.1. The maximum absolute atomic E-state index is 13.7. The number of amides is 1. The number of hydrogen-bond acceptors (Lipinski definition) is 6. The van der Waals surface area contributed by atoms with Gasteiger partial charge in [-0.3, -0.25) is 9.78 Å². The van der Waals surface area contributed by atoms with E-state index in [0.29, 0.717) is 23.4 Å². The van der Waals surface area contributed by atoms with Gasteiger partial charge < -0.3 is 16.0 Å². The molecule has 1 fully saturated rings. The molecule has 8 nitrogen and oxygen atoms in total. The van der Waals surface area contributed by atoms with Crippen LogP contribution >= 0.6 is 0 Å². The van der Waals surface area contributed by atoms with Crippen LogP contribution in [0.25, 0.3) is 27.7 Å². The van der Waals surface area contributed by atoms with Gasteiger partial charge in [-0.2, -0.15) is 9.61 Å². The zero-order chi connectivity index (χ0) is 24.0. The van der Waals surface area contributed by atoms with Crippen molar-refractivity contribution in [3.8, 4) is 11.1 Å². The first kappa shape index (κ1) is 22.2. The number of piperidine rings is 1. The number of fused-ring (bicyclic) bond motifs is 2. The minimum Gasteiger partial charge on any atom is -0.383 e. The van der Waals surface area contributed by atoms with Gasteiger partial charge in [-0.05, 0) is 51.0 Å². The fourth-order valence-corrected chi connectivity index (χ4v) is 4.56. The summed E-state index contributed by atoms with van der Waals surface area (Å²) in [5, 5.41) is 8.81. The van der Waals surface area contributed by atoms with Crippen LogP contribution in [0.4, 0.5) is 10.2 Å². The van der Waals surface area contributed by atoms with Crippen molar-refractivity contribution in [1.29, 1.82) is 0 Å². The third kappa shape index (κ3) is 3.96. The minimum absolute atomic E-state index is 0.0869. The molecule has 0 spiro atoms. The fourth-order valence-electron chi connectivity index (χ4n) is 4.56. The van der Waals surface area contributed by atoms with Crippen LogP contribution in [0.15, 0.2) is 36.7 Å². The van der Waals surface area contributed by atoms with E-state index in [9.17, 15) is 9.18 Å². The van der Waals surface area contributed by atoms with Crippen molar-refractivity contribution < 1.29 is 9.18 Å². The van der Waals surface area contributed by atoms with Gasteiger partial charge >= 0.3 is 0 Å². The van der Waals surface area contributed by atoms with Crippen molar-refractivity contribution in [3.63, 3.8) is 0 Å². The molecule has 4 heterocycles. The molecule has 176 valence electrons. The maximum atomic E-state index is 13.7. The van der Waals surface area contributed by atoms with E-state index in [0.717, 1.165) is 53.8 Å². The third-order valence-corrected chi connectivity index (χ3v) is 6.98. The molecule has 5 rings (SSSR count). The van der Waals surface area contributed by atoms with Gasteiger partial charge in [0.15, 0.2) is 5.65 Å².